The van der Waals surface area contributed by atoms with Crippen LogP contribution in [0.4, 0.5) is 0 Å². The van der Waals surface area contributed by atoms with Crippen molar-refractivity contribution in [1.82, 2.24) is 0 Å². The summed E-state index contributed by atoms with van der Waals surface area (Å²) in [5.41, 5.74) is 6.75. The molecule has 0 aliphatic heterocycles. The molecule has 4 heteroatoms. The van der Waals surface area contributed by atoms with E-state index < -0.39 is 0 Å². The summed E-state index contributed by atoms with van der Waals surface area (Å²) in [5.74, 6) is -0.833. The first kappa shape index (κ1) is 11.5. The molecule has 0 heterocycles. The lowest BCUT2D eigenvalue weighted by molar-refractivity contribution is 0.0982. The summed E-state index contributed by atoms with van der Waals surface area (Å²) in [6.45, 7) is 3.68. The van der Waals surface area contributed by atoms with Crippen LogP contribution in [0.5, 0.6) is 11.5 Å². The van der Waals surface area contributed by atoms with Gasteiger partial charge in [0.1, 0.15) is 0 Å². The molecule has 4 N–H and O–H groups in total. The second-order valence-electron chi connectivity index (χ2n) is 3.53. The average molecular weight is 209 g/mol. The number of aromatic hydroxyl groups is 2. The fourth-order valence-corrected chi connectivity index (χ4v) is 1.36. The molecule has 1 aromatic carbocycles. The molecule has 0 spiro atoms. The Hall–Kier alpha value is -1.55. The second kappa shape index (κ2) is 4.31. The molecule has 0 radical (unpaired) electrons. The molecule has 4 nitrogen and oxygen atoms in total. The first-order valence-corrected chi connectivity index (χ1v) is 4.74. The third-order valence-corrected chi connectivity index (χ3v) is 2.46. The molecule has 1 aromatic rings. The molecular formula is C11H15NO3. The van der Waals surface area contributed by atoms with E-state index >= 15 is 0 Å². The van der Waals surface area contributed by atoms with Crippen LogP contribution >= 0.6 is 0 Å². The third kappa shape index (κ3) is 2.10. The highest BCUT2D eigenvalue weighted by molar-refractivity contribution is 5.99. The van der Waals surface area contributed by atoms with Crippen LogP contribution in [0.1, 0.15) is 27.9 Å². The summed E-state index contributed by atoms with van der Waals surface area (Å²) in [4.78, 5) is 11.5. The largest absolute Gasteiger partial charge is 0.504 e. The number of carbonyl (C=O) groups excluding carboxylic acids is 1. The monoisotopic (exact) mass is 209 g/mol. The fraction of sp³-hybridized carbons (Fsp3) is 0.364. The minimum Gasteiger partial charge on any atom is -0.504 e. The van der Waals surface area contributed by atoms with Crippen molar-refractivity contribution in [2.75, 3.05) is 6.54 Å². The van der Waals surface area contributed by atoms with Crippen molar-refractivity contribution in [2.24, 2.45) is 5.73 Å². The van der Waals surface area contributed by atoms with Gasteiger partial charge in [-0.1, -0.05) is 0 Å². The predicted molar refractivity (Wildman–Crippen MR) is 57.2 cm³/mol. The highest BCUT2D eigenvalue weighted by Gasteiger charge is 2.16. The van der Waals surface area contributed by atoms with Gasteiger partial charge >= 0.3 is 0 Å². The number of carbonyl (C=O) groups is 1. The van der Waals surface area contributed by atoms with E-state index in [9.17, 15) is 15.0 Å². The van der Waals surface area contributed by atoms with Crippen LogP contribution < -0.4 is 5.73 Å². The van der Waals surface area contributed by atoms with Crippen molar-refractivity contribution in [3.63, 3.8) is 0 Å². The molecule has 0 saturated heterocycles. The smallest absolute Gasteiger partial charge is 0.168 e. The molecule has 0 saturated carbocycles. The summed E-state index contributed by atoms with van der Waals surface area (Å²) in [5, 5.41) is 19.1. The minimum atomic E-state index is -0.350. The van der Waals surface area contributed by atoms with E-state index in [0.29, 0.717) is 5.56 Å². The molecule has 0 unspecified atom stereocenters. The van der Waals surface area contributed by atoms with Crippen LogP contribution in [0.3, 0.4) is 0 Å². The number of nitrogens with two attached hydrogens (primary N) is 1. The van der Waals surface area contributed by atoms with Crippen molar-refractivity contribution in [3.05, 3.63) is 22.8 Å². The van der Waals surface area contributed by atoms with Gasteiger partial charge in [0.25, 0.3) is 0 Å². The Morgan fingerprint density at radius 3 is 2.47 bits per heavy atom. The number of rotatable bonds is 3. The summed E-state index contributed by atoms with van der Waals surface area (Å²) < 4.78 is 0. The molecule has 0 amide bonds. The van der Waals surface area contributed by atoms with E-state index in [0.717, 1.165) is 5.56 Å². The van der Waals surface area contributed by atoms with Gasteiger partial charge in [-0.3, -0.25) is 4.79 Å². The van der Waals surface area contributed by atoms with E-state index in [-0.39, 0.29) is 35.8 Å². The zero-order chi connectivity index (χ0) is 11.6. The van der Waals surface area contributed by atoms with Gasteiger partial charge in [0.15, 0.2) is 17.3 Å². The normalized spacial score (nSPS) is 10.3. The molecule has 0 aliphatic rings. The van der Waals surface area contributed by atoms with Crippen LogP contribution in [-0.4, -0.2) is 22.5 Å². The number of hydrogen-bond acceptors (Lipinski definition) is 4. The van der Waals surface area contributed by atoms with E-state index in [1.54, 1.807) is 19.9 Å². The lowest BCUT2D eigenvalue weighted by Crippen LogP contribution is -2.08. The minimum absolute atomic E-state index is 0.140. The second-order valence-corrected chi connectivity index (χ2v) is 3.53. The number of phenols is 2. The predicted octanol–water partition coefficient (Wildman–Crippen LogP) is 1.25. The molecule has 82 valence electrons. The van der Waals surface area contributed by atoms with Crippen LogP contribution in [0, 0.1) is 13.8 Å². The number of Topliss-reactive ketones (excluding diaryl/α,β-unsaturated/α-hetero) is 1. The van der Waals surface area contributed by atoms with Gasteiger partial charge in [-0.2, -0.15) is 0 Å². The van der Waals surface area contributed by atoms with Crippen LogP contribution in [0.2, 0.25) is 0 Å². The van der Waals surface area contributed by atoms with Gasteiger partial charge in [0, 0.05) is 6.42 Å². The van der Waals surface area contributed by atoms with Gasteiger partial charge in [-0.25, -0.2) is 0 Å². The summed E-state index contributed by atoms with van der Waals surface area (Å²) >= 11 is 0. The summed E-state index contributed by atoms with van der Waals surface area (Å²) in [6, 6.07) is 1.57. The molecule has 0 bridgehead atoms. The van der Waals surface area contributed by atoms with Gasteiger partial charge in [0.05, 0.1) is 5.56 Å². The van der Waals surface area contributed by atoms with Crippen molar-refractivity contribution in [2.45, 2.75) is 20.3 Å². The SMILES string of the molecule is Cc1cc(C(=O)CCN)c(O)c(O)c1C. The Balaban J connectivity index is 3.26. The van der Waals surface area contributed by atoms with Crippen molar-refractivity contribution >= 4 is 5.78 Å². The number of aryl methyl sites for hydroxylation is 1. The Labute approximate surface area is 88.3 Å². The Kier molecular flexibility index (Phi) is 3.31. The molecule has 0 aromatic heterocycles. The van der Waals surface area contributed by atoms with Crippen molar-refractivity contribution in [1.29, 1.82) is 0 Å². The fourth-order valence-electron chi connectivity index (χ4n) is 1.36. The van der Waals surface area contributed by atoms with E-state index in [1.165, 1.54) is 0 Å². The van der Waals surface area contributed by atoms with Crippen LogP contribution in [0.25, 0.3) is 0 Å². The summed E-state index contributed by atoms with van der Waals surface area (Å²) in [6.07, 6.45) is 0.162. The maximum atomic E-state index is 11.5. The van der Waals surface area contributed by atoms with Crippen molar-refractivity contribution in [3.8, 4) is 11.5 Å². The zero-order valence-electron chi connectivity index (χ0n) is 8.87. The Morgan fingerprint density at radius 2 is 1.93 bits per heavy atom. The highest BCUT2D eigenvalue weighted by atomic mass is 16.3. The average Bonchev–Trinajstić information content (AvgIpc) is 2.20. The maximum Gasteiger partial charge on any atom is 0.168 e. The van der Waals surface area contributed by atoms with Gasteiger partial charge in [-0.15, -0.1) is 0 Å². The number of phenolic OH excluding ortho intramolecular Hbond substituents is 2. The van der Waals surface area contributed by atoms with Crippen molar-refractivity contribution < 1.29 is 15.0 Å². The first-order chi connectivity index (χ1) is 6.99. The van der Waals surface area contributed by atoms with Crippen LogP contribution in [-0.2, 0) is 0 Å². The lowest BCUT2D eigenvalue weighted by atomic mass is 9.99. The first-order valence-electron chi connectivity index (χ1n) is 4.74. The molecule has 0 aliphatic carbocycles. The summed E-state index contributed by atoms with van der Waals surface area (Å²) in [7, 11) is 0. The van der Waals surface area contributed by atoms with E-state index in [1.807, 2.05) is 0 Å². The van der Waals surface area contributed by atoms with Gasteiger partial charge < -0.3 is 15.9 Å². The van der Waals surface area contributed by atoms with Crippen LogP contribution in [0.15, 0.2) is 6.07 Å². The zero-order valence-corrected chi connectivity index (χ0v) is 8.87. The quantitative estimate of drug-likeness (QED) is 0.516. The van der Waals surface area contributed by atoms with E-state index in [2.05, 4.69) is 0 Å². The Bertz CT molecular complexity index is 399. The number of hydrogen-bond donors (Lipinski definition) is 3. The molecule has 1 rings (SSSR count). The third-order valence-electron chi connectivity index (χ3n) is 2.46. The Morgan fingerprint density at radius 1 is 1.33 bits per heavy atom. The topological polar surface area (TPSA) is 83.6 Å². The lowest BCUT2D eigenvalue weighted by Gasteiger charge is -2.10. The maximum absolute atomic E-state index is 11.5. The number of benzene rings is 1. The van der Waals surface area contributed by atoms with Gasteiger partial charge in [0.2, 0.25) is 0 Å². The molecular weight excluding hydrogens is 194 g/mol. The molecule has 15 heavy (non-hydrogen) atoms. The van der Waals surface area contributed by atoms with Gasteiger partial charge in [-0.05, 0) is 37.6 Å². The highest BCUT2D eigenvalue weighted by Crippen LogP contribution is 2.34. The van der Waals surface area contributed by atoms with E-state index in [4.69, 9.17) is 5.73 Å². The standard InChI is InChI=1S/C11H15NO3/c1-6-5-8(9(13)3-4-12)11(15)10(14)7(6)2/h5,14-15H,3-4,12H2,1-2H3. The number of ketones is 1. The molecule has 0 fully saturated rings. The molecule has 0 atom stereocenters.